The molecule has 6 N–H and O–H groups in total. The molecular weight excluding hydrogens is 926 g/mol. The second-order valence-corrected chi connectivity index (χ2v) is 25.8. The molecule has 0 spiro atoms. The average molecular weight is 997 g/mol. The highest BCUT2D eigenvalue weighted by Crippen LogP contribution is 2.42. The van der Waals surface area contributed by atoms with Crippen LogP contribution in [0.4, 0.5) is 15.3 Å². The molecule has 0 aliphatic heterocycles. The van der Waals surface area contributed by atoms with Gasteiger partial charge in [0.05, 0.1) is 35.0 Å². The molecule has 0 bridgehead atoms. The predicted molar refractivity (Wildman–Crippen MR) is 280 cm³/mol. The summed E-state index contributed by atoms with van der Waals surface area (Å²) in [5.74, 6) is 0.144. The summed E-state index contributed by atoms with van der Waals surface area (Å²) in [7, 11) is -0.764. The number of aryl methyl sites for hydroxylation is 1. The lowest BCUT2D eigenvalue weighted by molar-refractivity contribution is 0.0490. The summed E-state index contributed by atoms with van der Waals surface area (Å²) in [6.07, 6.45) is 2.56. The first-order chi connectivity index (χ1) is 33.0. The third kappa shape index (κ3) is 13.7. The van der Waals surface area contributed by atoms with Crippen LogP contribution in [0.2, 0.25) is 23.2 Å². The number of hydrogen-bond acceptors (Lipinski definition) is 9. The normalized spacial score (nSPS) is 15.8. The van der Waals surface area contributed by atoms with Crippen LogP contribution in [0.25, 0.3) is 22.0 Å². The largest absolute Gasteiger partial charge is 0.506 e. The van der Waals surface area contributed by atoms with Crippen LogP contribution in [0.1, 0.15) is 113 Å². The molecule has 1 aromatic heterocycles. The number of pyridine rings is 1. The molecule has 0 radical (unpaired) electrons. The zero-order chi connectivity index (χ0) is 51.0. The van der Waals surface area contributed by atoms with Crippen molar-refractivity contribution in [1.82, 2.24) is 20.9 Å². The molecule has 376 valence electrons. The molecule has 4 aromatic carbocycles. The Bertz CT molecular complexity index is 2690. The Balaban J connectivity index is 1.08. The first-order valence-electron chi connectivity index (χ1n) is 24.1. The maximum atomic E-state index is 13.5. The van der Waals surface area contributed by atoms with Gasteiger partial charge in [0.1, 0.15) is 17.1 Å². The van der Waals surface area contributed by atoms with Crippen molar-refractivity contribution in [3.8, 4) is 22.6 Å². The number of phenols is 1. The third-order valence-corrected chi connectivity index (χ3v) is 18.1. The zero-order valence-corrected chi connectivity index (χ0v) is 43.7. The molecule has 70 heavy (non-hydrogen) atoms. The molecule has 1 atom stereocenters. The number of amides is 3. The van der Waals surface area contributed by atoms with Crippen molar-refractivity contribution in [2.75, 3.05) is 25.1 Å². The van der Waals surface area contributed by atoms with Gasteiger partial charge < -0.3 is 45.0 Å². The van der Waals surface area contributed by atoms with Crippen LogP contribution in [0, 0.1) is 0 Å². The van der Waals surface area contributed by atoms with E-state index in [0.717, 1.165) is 34.2 Å². The van der Waals surface area contributed by atoms with Crippen molar-refractivity contribution < 1.29 is 38.5 Å². The number of fused-ring (bicyclic) bond motifs is 1. The Kier molecular flexibility index (Phi) is 17.5. The van der Waals surface area contributed by atoms with E-state index in [2.05, 4.69) is 54.8 Å². The minimum absolute atomic E-state index is 0.0210. The first-order valence-corrected chi connectivity index (χ1v) is 27.4. The lowest BCUT2D eigenvalue weighted by atomic mass is 9.89. The maximum Gasteiger partial charge on any atom is 0.412 e. The molecule has 0 saturated heterocycles. The number of carbonyl (C=O) groups excluding carboxylic acids is 2. The fourth-order valence-electron chi connectivity index (χ4n) is 8.68. The average Bonchev–Trinajstić information content (AvgIpc) is 3.28. The summed E-state index contributed by atoms with van der Waals surface area (Å²) in [4.78, 5) is 55.5. The first kappa shape index (κ1) is 53.5. The zero-order valence-electron chi connectivity index (χ0n) is 42.0. The van der Waals surface area contributed by atoms with E-state index in [0.29, 0.717) is 80.5 Å². The van der Waals surface area contributed by atoms with E-state index in [-0.39, 0.29) is 44.9 Å². The molecular formula is C54H70ClN5O9Si. The topological polar surface area (TPSA) is 192 Å². The van der Waals surface area contributed by atoms with Gasteiger partial charge in [0, 0.05) is 54.3 Å². The number of phenolic OH excluding ortho intramolecular Hbond substituents is 1. The van der Waals surface area contributed by atoms with Gasteiger partial charge >= 0.3 is 12.2 Å². The number of aromatic amines is 1. The highest BCUT2D eigenvalue weighted by atomic mass is 35.5. The lowest BCUT2D eigenvalue weighted by Crippen LogP contribution is -2.47. The summed E-state index contributed by atoms with van der Waals surface area (Å²) in [6.45, 7) is 17.5. The Hall–Kier alpha value is -5.87. The fraction of sp³-hybridized carbons (Fsp3) is 0.444. The number of benzene rings is 4. The van der Waals surface area contributed by atoms with Crippen LogP contribution in [-0.2, 0) is 22.1 Å². The van der Waals surface area contributed by atoms with Crippen LogP contribution in [-0.4, -0.2) is 79.5 Å². The maximum absolute atomic E-state index is 13.5. The number of rotatable bonds is 18. The monoisotopic (exact) mass is 995 g/mol. The minimum atomic E-state index is -2.31. The third-order valence-electron chi connectivity index (χ3n) is 13.3. The molecule has 3 amide bonds. The molecule has 6 rings (SSSR count). The molecule has 1 aliphatic carbocycles. The summed E-state index contributed by atoms with van der Waals surface area (Å²) in [5, 5.41) is 31.6. The number of nitrogens with zero attached hydrogens (tertiary/aromatic N) is 1. The van der Waals surface area contributed by atoms with Crippen LogP contribution in [0.15, 0.2) is 89.7 Å². The van der Waals surface area contributed by atoms with Crippen LogP contribution >= 0.6 is 11.6 Å². The van der Waals surface area contributed by atoms with E-state index in [4.69, 9.17) is 25.5 Å². The Morgan fingerprint density at radius 3 is 2.29 bits per heavy atom. The summed E-state index contributed by atoms with van der Waals surface area (Å²) >= 11 is 6.78. The summed E-state index contributed by atoms with van der Waals surface area (Å²) in [5.41, 5.74) is 4.64. The van der Waals surface area contributed by atoms with Gasteiger partial charge in [-0.15, -0.1) is 0 Å². The Morgan fingerprint density at radius 2 is 1.63 bits per heavy atom. The van der Waals surface area contributed by atoms with Gasteiger partial charge in [-0.2, -0.15) is 0 Å². The van der Waals surface area contributed by atoms with Gasteiger partial charge in [-0.25, -0.2) is 9.59 Å². The van der Waals surface area contributed by atoms with Crippen molar-refractivity contribution >= 4 is 54.6 Å². The number of H-pyrrole nitrogens is 1. The van der Waals surface area contributed by atoms with Crippen LogP contribution in [0.5, 0.6) is 11.5 Å². The van der Waals surface area contributed by atoms with E-state index in [1.54, 1.807) is 31.4 Å². The second-order valence-electron chi connectivity index (χ2n) is 20.7. The number of ether oxygens (including phenoxy) is 2. The summed E-state index contributed by atoms with van der Waals surface area (Å²) < 4.78 is 18.2. The molecule has 16 heteroatoms. The lowest BCUT2D eigenvalue weighted by Gasteiger charge is -2.39. The molecule has 1 heterocycles. The highest BCUT2D eigenvalue weighted by Gasteiger charge is 2.40. The number of carbonyl (C=O) groups is 3. The van der Waals surface area contributed by atoms with E-state index in [1.165, 1.54) is 11.0 Å². The number of hydrogen-bond donors (Lipinski definition) is 6. The molecule has 0 unspecified atom stereocenters. The predicted octanol–water partition coefficient (Wildman–Crippen LogP) is 11.5. The van der Waals surface area contributed by atoms with Crippen molar-refractivity contribution in [3.63, 3.8) is 0 Å². The van der Waals surface area contributed by atoms with Crippen LogP contribution < -0.4 is 31.1 Å². The molecule has 5 aromatic rings. The van der Waals surface area contributed by atoms with Gasteiger partial charge in [0.25, 0.3) is 5.91 Å². The number of unbranched alkanes of at least 4 members (excludes halogenated alkanes) is 1. The number of anilines is 1. The number of aromatic nitrogens is 1. The van der Waals surface area contributed by atoms with Gasteiger partial charge in [0.15, 0.2) is 8.32 Å². The second kappa shape index (κ2) is 22.9. The number of methoxy groups -OCH3 is 1. The van der Waals surface area contributed by atoms with Gasteiger partial charge in [-0.1, -0.05) is 80.9 Å². The standard InChI is InChI=1S/C54H70ClN5O9Si/c1-53(2,3)68-51(64)58-37-19-21-38(22-20-37)60(52(65)66)44-29-34(18-23-39(44)35-16-11-10-12-17-35)15-13-14-28-57-50(63)42-31-46(67-7)36(30-43(42)55)32-56-33-47(69-70(8,9)54(4,5)6)40-24-26-45(61)49-41(40)25-27-48(62)59-49/h10-12,16-18,23-27,29-31,37-38,47,56,61H,13-15,19-22,28,32-33H2,1-9H3,(H,57,63)(H,58,64)(H,59,62)(H,65,66)/t37?,38?,47-/m1/s1. The number of nitrogens with one attached hydrogen (secondary N) is 4. The highest BCUT2D eigenvalue weighted by molar-refractivity contribution is 6.74. The van der Waals surface area contributed by atoms with Crippen molar-refractivity contribution in [2.24, 2.45) is 0 Å². The number of carboxylic acid groups (broad SMARTS) is 1. The van der Waals surface area contributed by atoms with E-state index < -0.39 is 32.2 Å². The van der Waals surface area contributed by atoms with E-state index in [1.807, 2.05) is 75.4 Å². The van der Waals surface area contributed by atoms with E-state index >= 15 is 0 Å². The van der Waals surface area contributed by atoms with Crippen molar-refractivity contribution in [3.05, 3.63) is 123 Å². The smallest absolute Gasteiger partial charge is 0.412 e. The van der Waals surface area contributed by atoms with Crippen molar-refractivity contribution in [1.29, 1.82) is 0 Å². The molecule has 1 fully saturated rings. The molecule has 14 nitrogen and oxygen atoms in total. The molecule has 1 aliphatic rings. The van der Waals surface area contributed by atoms with Gasteiger partial charge in [-0.3, -0.25) is 14.5 Å². The summed E-state index contributed by atoms with van der Waals surface area (Å²) in [6, 6.07) is 25.3. The quantitative estimate of drug-likeness (QED) is 0.0364. The number of halogens is 1. The number of aromatic hydroxyl groups is 1. The number of alkyl carbamates (subject to hydrolysis) is 1. The van der Waals surface area contributed by atoms with Crippen molar-refractivity contribution in [2.45, 2.75) is 135 Å². The Labute approximate surface area is 417 Å². The minimum Gasteiger partial charge on any atom is -0.506 e. The van der Waals surface area contributed by atoms with Gasteiger partial charge in [0.2, 0.25) is 5.56 Å². The fourth-order valence-corrected chi connectivity index (χ4v) is 10.2. The molecule has 1 saturated carbocycles. The Morgan fingerprint density at radius 1 is 0.914 bits per heavy atom. The SMILES string of the molecule is COc1cc(C(=O)NCCCCc2ccc(-c3ccccc3)c(N(C(=O)O)C3CCC(NC(=O)OC(C)(C)C)CC3)c2)c(Cl)cc1CNC[C@@H](O[Si](C)(C)C(C)(C)C)c1ccc(O)c2[nH]c(=O)ccc12. The van der Waals surface area contributed by atoms with Gasteiger partial charge in [-0.05, 0) is 131 Å². The van der Waals surface area contributed by atoms with Crippen LogP contribution in [0.3, 0.4) is 0 Å². The van der Waals surface area contributed by atoms with E-state index in [9.17, 15) is 29.4 Å².